The molecule has 0 aliphatic rings. The van der Waals surface area contributed by atoms with Gasteiger partial charge in [-0.3, -0.25) is 4.98 Å². The Morgan fingerprint density at radius 2 is 2.21 bits per heavy atom. The zero-order valence-electron chi connectivity index (χ0n) is 8.44. The lowest BCUT2D eigenvalue weighted by atomic mass is 10.0. The van der Waals surface area contributed by atoms with Crippen LogP contribution in [0.4, 0.5) is 0 Å². The second kappa shape index (κ2) is 3.75. The molecular weight excluding hydrogens is 182 g/mol. The lowest BCUT2D eigenvalue weighted by molar-refractivity contribution is 0.0597. The van der Waals surface area contributed by atoms with Crippen LogP contribution >= 0.6 is 0 Å². The van der Waals surface area contributed by atoms with Gasteiger partial charge in [0.05, 0.1) is 18.4 Å². The molecule has 0 amide bonds. The fraction of sp³-hybridized carbons (Fsp3) is 0.400. The van der Waals surface area contributed by atoms with Crippen molar-refractivity contribution in [3.63, 3.8) is 0 Å². The topological polar surface area (TPSA) is 59.4 Å². The van der Waals surface area contributed by atoms with Gasteiger partial charge in [-0.25, -0.2) is 4.79 Å². The second-order valence-corrected chi connectivity index (χ2v) is 3.48. The minimum Gasteiger partial charge on any atom is -0.465 e. The van der Waals surface area contributed by atoms with Crippen LogP contribution in [0.1, 0.15) is 29.9 Å². The molecule has 0 atom stereocenters. The van der Waals surface area contributed by atoms with Gasteiger partial charge in [0, 0.05) is 6.20 Å². The highest BCUT2D eigenvalue weighted by molar-refractivity contribution is 5.89. The summed E-state index contributed by atoms with van der Waals surface area (Å²) < 4.78 is 4.56. The fourth-order valence-corrected chi connectivity index (χ4v) is 1.01. The Balaban J connectivity index is 3.08. The van der Waals surface area contributed by atoms with Crippen LogP contribution in [-0.2, 0) is 10.3 Å². The summed E-state index contributed by atoms with van der Waals surface area (Å²) in [5, 5.41) is 9.65. The van der Waals surface area contributed by atoms with E-state index in [0.29, 0.717) is 11.3 Å². The van der Waals surface area contributed by atoms with Crippen LogP contribution in [0.3, 0.4) is 0 Å². The Morgan fingerprint density at radius 1 is 1.57 bits per heavy atom. The predicted molar refractivity (Wildman–Crippen MR) is 50.8 cm³/mol. The molecule has 0 saturated carbocycles. The van der Waals surface area contributed by atoms with Gasteiger partial charge in [-0.15, -0.1) is 0 Å². The van der Waals surface area contributed by atoms with Crippen LogP contribution < -0.4 is 0 Å². The van der Waals surface area contributed by atoms with E-state index < -0.39 is 11.6 Å². The lowest BCUT2D eigenvalue weighted by Crippen LogP contribution is -2.18. The van der Waals surface area contributed by atoms with Crippen LogP contribution in [0.15, 0.2) is 18.3 Å². The normalized spacial score (nSPS) is 11.1. The molecule has 4 heteroatoms. The van der Waals surface area contributed by atoms with Crippen molar-refractivity contribution in [1.82, 2.24) is 4.98 Å². The van der Waals surface area contributed by atoms with Crippen LogP contribution in [0.25, 0.3) is 0 Å². The molecular formula is C10H13NO3. The number of methoxy groups -OCH3 is 1. The monoisotopic (exact) mass is 195 g/mol. The van der Waals surface area contributed by atoms with Crippen LogP contribution in [-0.4, -0.2) is 23.2 Å². The number of rotatable bonds is 2. The maximum absolute atomic E-state index is 11.2. The summed E-state index contributed by atoms with van der Waals surface area (Å²) in [6.45, 7) is 3.22. The number of carbonyl (C=O) groups is 1. The predicted octanol–water partition coefficient (Wildman–Crippen LogP) is 1.10. The lowest BCUT2D eigenvalue weighted by Gasteiger charge is -2.16. The molecule has 76 valence electrons. The van der Waals surface area contributed by atoms with Crippen molar-refractivity contribution in [1.29, 1.82) is 0 Å². The molecule has 4 nitrogen and oxygen atoms in total. The third-order valence-electron chi connectivity index (χ3n) is 1.81. The van der Waals surface area contributed by atoms with Crippen molar-refractivity contribution in [3.8, 4) is 0 Å². The largest absolute Gasteiger partial charge is 0.465 e. The Kier molecular flexibility index (Phi) is 2.86. The number of carbonyl (C=O) groups excluding carboxylic acids is 1. The number of pyridine rings is 1. The van der Waals surface area contributed by atoms with Crippen LogP contribution in [0, 0.1) is 0 Å². The molecule has 0 spiro atoms. The molecule has 1 N–H and O–H groups in total. The molecule has 0 radical (unpaired) electrons. The SMILES string of the molecule is COC(=O)c1ccnc(C(C)(C)O)c1. The third kappa shape index (κ3) is 2.29. The fourth-order valence-electron chi connectivity index (χ4n) is 1.01. The highest BCUT2D eigenvalue weighted by Gasteiger charge is 2.19. The quantitative estimate of drug-likeness (QED) is 0.718. The first-order valence-corrected chi connectivity index (χ1v) is 4.22. The zero-order valence-corrected chi connectivity index (χ0v) is 8.44. The van der Waals surface area contributed by atoms with E-state index in [-0.39, 0.29) is 0 Å². The van der Waals surface area contributed by atoms with Crippen molar-refractivity contribution in [3.05, 3.63) is 29.6 Å². The van der Waals surface area contributed by atoms with Crippen molar-refractivity contribution < 1.29 is 14.6 Å². The molecule has 0 fully saturated rings. The number of ether oxygens (including phenoxy) is 1. The minimum atomic E-state index is -1.05. The molecule has 1 heterocycles. The zero-order chi connectivity index (χ0) is 10.8. The molecule has 0 bridgehead atoms. The molecule has 0 aliphatic heterocycles. The molecule has 1 rings (SSSR count). The number of hydrogen-bond acceptors (Lipinski definition) is 4. The number of nitrogens with zero attached hydrogens (tertiary/aromatic N) is 1. The molecule has 0 saturated heterocycles. The van der Waals surface area contributed by atoms with Crippen LogP contribution in [0.2, 0.25) is 0 Å². The third-order valence-corrected chi connectivity index (χ3v) is 1.81. The Labute approximate surface area is 82.5 Å². The summed E-state index contributed by atoms with van der Waals surface area (Å²) in [6, 6.07) is 3.06. The van der Waals surface area contributed by atoms with Gasteiger partial charge in [0.1, 0.15) is 5.60 Å². The first kappa shape index (κ1) is 10.7. The van der Waals surface area contributed by atoms with E-state index in [9.17, 15) is 9.90 Å². The molecule has 1 aromatic rings. The first-order valence-electron chi connectivity index (χ1n) is 4.22. The Morgan fingerprint density at radius 3 is 2.71 bits per heavy atom. The van der Waals surface area contributed by atoms with Crippen molar-refractivity contribution >= 4 is 5.97 Å². The molecule has 1 aromatic heterocycles. The smallest absolute Gasteiger partial charge is 0.337 e. The van der Waals surface area contributed by atoms with E-state index in [1.165, 1.54) is 19.4 Å². The number of hydrogen-bond donors (Lipinski definition) is 1. The van der Waals surface area contributed by atoms with Gasteiger partial charge in [-0.05, 0) is 26.0 Å². The van der Waals surface area contributed by atoms with Gasteiger partial charge in [0.15, 0.2) is 0 Å². The maximum atomic E-state index is 11.2. The summed E-state index contributed by atoms with van der Waals surface area (Å²) in [5.74, 6) is -0.432. The van der Waals surface area contributed by atoms with Gasteiger partial charge in [-0.1, -0.05) is 0 Å². The Bertz CT molecular complexity index is 341. The summed E-state index contributed by atoms with van der Waals surface area (Å²) in [6.07, 6.45) is 1.47. The van der Waals surface area contributed by atoms with Crippen molar-refractivity contribution in [2.75, 3.05) is 7.11 Å². The van der Waals surface area contributed by atoms with E-state index in [4.69, 9.17) is 0 Å². The summed E-state index contributed by atoms with van der Waals surface area (Å²) >= 11 is 0. The van der Waals surface area contributed by atoms with Gasteiger partial charge in [-0.2, -0.15) is 0 Å². The second-order valence-electron chi connectivity index (χ2n) is 3.48. The molecule has 14 heavy (non-hydrogen) atoms. The summed E-state index contributed by atoms with van der Waals surface area (Å²) in [7, 11) is 1.31. The Hall–Kier alpha value is -1.42. The van der Waals surface area contributed by atoms with Crippen LogP contribution in [0.5, 0.6) is 0 Å². The number of aliphatic hydroxyl groups is 1. The highest BCUT2D eigenvalue weighted by Crippen LogP contribution is 2.17. The standard InChI is InChI=1S/C10H13NO3/c1-10(2,13)8-6-7(4-5-11-8)9(12)14-3/h4-6,13H,1-3H3. The minimum absolute atomic E-state index is 0.389. The van der Waals surface area contributed by atoms with Crippen molar-refractivity contribution in [2.24, 2.45) is 0 Å². The van der Waals surface area contributed by atoms with E-state index in [1.54, 1.807) is 19.9 Å². The molecule has 0 aliphatic carbocycles. The average molecular weight is 195 g/mol. The number of aromatic nitrogens is 1. The first-order chi connectivity index (χ1) is 6.45. The van der Waals surface area contributed by atoms with E-state index in [2.05, 4.69) is 9.72 Å². The van der Waals surface area contributed by atoms with Gasteiger partial charge in [0.25, 0.3) is 0 Å². The van der Waals surface area contributed by atoms with Crippen molar-refractivity contribution in [2.45, 2.75) is 19.4 Å². The van der Waals surface area contributed by atoms with Gasteiger partial charge >= 0.3 is 5.97 Å². The van der Waals surface area contributed by atoms with E-state index >= 15 is 0 Å². The van der Waals surface area contributed by atoms with Gasteiger partial charge in [0.2, 0.25) is 0 Å². The molecule has 0 unspecified atom stereocenters. The molecule has 0 aromatic carbocycles. The average Bonchev–Trinajstić information content (AvgIpc) is 2.15. The highest BCUT2D eigenvalue weighted by atomic mass is 16.5. The number of esters is 1. The van der Waals surface area contributed by atoms with E-state index in [1.807, 2.05) is 0 Å². The van der Waals surface area contributed by atoms with E-state index in [0.717, 1.165) is 0 Å². The van der Waals surface area contributed by atoms with Gasteiger partial charge < -0.3 is 9.84 Å². The summed E-state index contributed by atoms with van der Waals surface area (Å²) in [5.41, 5.74) is -0.218. The summed E-state index contributed by atoms with van der Waals surface area (Å²) in [4.78, 5) is 15.1. The maximum Gasteiger partial charge on any atom is 0.337 e.